The van der Waals surface area contributed by atoms with Gasteiger partial charge < -0.3 is 5.32 Å². The van der Waals surface area contributed by atoms with E-state index in [4.69, 9.17) is 4.98 Å². The van der Waals surface area contributed by atoms with Crippen molar-refractivity contribution >= 4 is 23.4 Å². The van der Waals surface area contributed by atoms with Gasteiger partial charge in [-0.1, -0.05) is 74.3 Å². The number of nitrogens with one attached hydrogen (secondary N) is 1. The fraction of sp³-hybridized carbons (Fsp3) is 0.414. The van der Waals surface area contributed by atoms with Crippen molar-refractivity contribution < 1.29 is 4.79 Å². The number of benzene rings is 2. The van der Waals surface area contributed by atoms with E-state index in [1.165, 1.54) is 23.7 Å². The molecular weight excluding hydrogens is 454 g/mol. The zero-order chi connectivity index (χ0) is 24.4. The van der Waals surface area contributed by atoms with Crippen molar-refractivity contribution in [3.63, 3.8) is 0 Å². The van der Waals surface area contributed by atoms with E-state index in [0.717, 1.165) is 66.6 Å². The third-order valence-corrected chi connectivity index (χ3v) is 8.33. The van der Waals surface area contributed by atoms with Crippen molar-refractivity contribution in [1.29, 1.82) is 0 Å². The number of aryl methyl sites for hydroxylation is 1. The number of fused-ring (bicyclic) bond motifs is 4. The van der Waals surface area contributed by atoms with Crippen LogP contribution in [0.5, 0.6) is 0 Å². The summed E-state index contributed by atoms with van der Waals surface area (Å²) in [6.45, 7) is 4.69. The summed E-state index contributed by atoms with van der Waals surface area (Å²) in [6.07, 6.45) is 7.40. The molecule has 1 saturated carbocycles. The molecule has 35 heavy (non-hydrogen) atoms. The third kappa shape index (κ3) is 4.68. The molecule has 1 N–H and O–H groups in total. The van der Waals surface area contributed by atoms with Crippen molar-refractivity contribution in [1.82, 2.24) is 9.55 Å². The molecule has 5 nitrogen and oxygen atoms in total. The SMILES string of the molecule is CCCn1c(SCC(=O)Nc2cccc(C)c2)nc2c(c1=O)C1(CCCCC1)Cc1ccccc1-2. The molecule has 5 rings (SSSR count). The second kappa shape index (κ2) is 10.0. The first-order valence-electron chi connectivity index (χ1n) is 12.7. The molecule has 1 amide bonds. The Bertz CT molecular complexity index is 1310. The first-order chi connectivity index (χ1) is 17.0. The Hall–Kier alpha value is -2.86. The molecule has 6 heteroatoms. The molecule has 2 aliphatic carbocycles. The van der Waals surface area contributed by atoms with Crippen LogP contribution in [0.4, 0.5) is 5.69 Å². The van der Waals surface area contributed by atoms with Gasteiger partial charge in [-0.3, -0.25) is 14.2 Å². The zero-order valence-corrected chi connectivity index (χ0v) is 21.4. The van der Waals surface area contributed by atoms with Crippen LogP contribution in [0.15, 0.2) is 58.5 Å². The van der Waals surface area contributed by atoms with Crippen molar-refractivity contribution in [2.75, 3.05) is 11.1 Å². The van der Waals surface area contributed by atoms with Crippen molar-refractivity contribution in [3.05, 3.63) is 75.6 Å². The van der Waals surface area contributed by atoms with Gasteiger partial charge in [-0.2, -0.15) is 0 Å². The monoisotopic (exact) mass is 487 g/mol. The van der Waals surface area contributed by atoms with Crippen LogP contribution in [0.2, 0.25) is 0 Å². The fourth-order valence-electron chi connectivity index (χ4n) is 5.80. The number of aromatic nitrogens is 2. The highest BCUT2D eigenvalue weighted by Crippen LogP contribution is 2.48. The molecule has 2 aromatic carbocycles. The lowest BCUT2D eigenvalue weighted by atomic mass is 9.62. The Morgan fingerprint density at radius 1 is 1.11 bits per heavy atom. The van der Waals surface area contributed by atoms with Crippen LogP contribution in [-0.2, 0) is 23.2 Å². The summed E-state index contributed by atoms with van der Waals surface area (Å²) in [5.41, 5.74) is 5.97. The molecule has 0 bridgehead atoms. The van der Waals surface area contributed by atoms with Gasteiger partial charge in [0.25, 0.3) is 5.56 Å². The van der Waals surface area contributed by atoms with Crippen LogP contribution in [-0.4, -0.2) is 21.2 Å². The standard InChI is InChI=1S/C29H33N3O2S/c1-3-16-32-27(34)25-26(23-13-6-5-11-21(23)18-29(25)14-7-4-8-15-29)31-28(32)35-19-24(33)30-22-12-9-10-20(2)17-22/h5-6,9-13,17H,3-4,7-8,14-16,18-19H2,1-2H3,(H,30,33). The summed E-state index contributed by atoms with van der Waals surface area (Å²) < 4.78 is 1.83. The summed E-state index contributed by atoms with van der Waals surface area (Å²) in [7, 11) is 0. The van der Waals surface area contributed by atoms with Crippen LogP contribution < -0.4 is 10.9 Å². The summed E-state index contributed by atoms with van der Waals surface area (Å²) in [5, 5.41) is 3.61. The second-order valence-corrected chi connectivity index (χ2v) is 10.9. The second-order valence-electron chi connectivity index (χ2n) is 9.96. The number of amides is 1. The topological polar surface area (TPSA) is 64.0 Å². The molecule has 0 unspecified atom stereocenters. The van der Waals surface area contributed by atoms with E-state index < -0.39 is 0 Å². The first kappa shape index (κ1) is 23.9. The van der Waals surface area contributed by atoms with Crippen molar-refractivity contribution in [2.24, 2.45) is 0 Å². The number of carbonyl (C=O) groups excluding carboxylic acids is 1. The summed E-state index contributed by atoms with van der Waals surface area (Å²) in [4.78, 5) is 31.9. The average Bonchev–Trinajstić information content (AvgIpc) is 2.85. The molecule has 0 atom stereocenters. The molecule has 1 heterocycles. The molecule has 0 radical (unpaired) electrons. The molecule has 0 saturated heterocycles. The summed E-state index contributed by atoms with van der Waals surface area (Å²) >= 11 is 1.36. The van der Waals surface area contributed by atoms with Gasteiger partial charge in [-0.05, 0) is 55.9 Å². The molecule has 0 aliphatic heterocycles. The third-order valence-electron chi connectivity index (χ3n) is 7.36. The number of hydrogen-bond donors (Lipinski definition) is 1. The van der Waals surface area contributed by atoms with E-state index in [1.807, 2.05) is 41.8 Å². The minimum Gasteiger partial charge on any atom is -0.325 e. The predicted octanol–water partition coefficient (Wildman–Crippen LogP) is 6.12. The van der Waals surface area contributed by atoms with Gasteiger partial charge in [0.2, 0.25) is 5.91 Å². The normalized spacial score (nSPS) is 15.9. The van der Waals surface area contributed by atoms with E-state index >= 15 is 0 Å². The van der Waals surface area contributed by atoms with Crippen LogP contribution in [0.1, 0.15) is 62.1 Å². The lowest BCUT2D eigenvalue weighted by Crippen LogP contribution is -2.43. The minimum absolute atomic E-state index is 0.0924. The maximum Gasteiger partial charge on any atom is 0.258 e. The quantitative estimate of drug-likeness (QED) is 0.336. The molecule has 1 aromatic heterocycles. The summed E-state index contributed by atoms with van der Waals surface area (Å²) in [6, 6.07) is 16.2. The number of nitrogens with zero attached hydrogens (tertiary/aromatic N) is 2. The fourth-order valence-corrected chi connectivity index (χ4v) is 6.62. The van der Waals surface area contributed by atoms with Gasteiger partial charge in [0.1, 0.15) is 0 Å². The first-order valence-corrected chi connectivity index (χ1v) is 13.7. The smallest absolute Gasteiger partial charge is 0.258 e. The summed E-state index contributed by atoms with van der Waals surface area (Å²) in [5.74, 6) is 0.107. The Morgan fingerprint density at radius 3 is 2.69 bits per heavy atom. The molecular formula is C29H33N3O2S. The van der Waals surface area contributed by atoms with Crippen molar-refractivity contribution in [3.8, 4) is 11.3 Å². The van der Waals surface area contributed by atoms with Crippen molar-refractivity contribution in [2.45, 2.75) is 75.9 Å². The van der Waals surface area contributed by atoms with E-state index in [1.54, 1.807) is 0 Å². The number of carbonyl (C=O) groups is 1. The van der Waals surface area contributed by atoms with Gasteiger partial charge in [0.05, 0.1) is 17.0 Å². The van der Waals surface area contributed by atoms with Crippen LogP contribution in [0.25, 0.3) is 11.3 Å². The van der Waals surface area contributed by atoms with Gasteiger partial charge >= 0.3 is 0 Å². The van der Waals surface area contributed by atoms with Gasteiger partial charge in [0.15, 0.2) is 5.16 Å². The number of thioether (sulfide) groups is 1. The zero-order valence-electron chi connectivity index (χ0n) is 20.6. The maximum atomic E-state index is 14.1. The number of rotatable bonds is 6. The Kier molecular flexibility index (Phi) is 6.83. The Balaban J connectivity index is 1.52. The molecule has 2 aliphatic rings. The Morgan fingerprint density at radius 2 is 1.91 bits per heavy atom. The largest absolute Gasteiger partial charge is 0.325 e. The number of hydrogen-bond acceptors (Lipinski definition) is 4. The highest BCUT2D eigenvalue weighted by atomic mass is 32.2. The molecule has 1 spiro atoms. The van der Waals surface area contributed by atoms with Gasteiger partial charge in [0, 0.05) is 23.2 Å². The van der Waals surface area contributed by atoms with E-state index in [2.05, 4.69) is 30.4 Å². The lowest BCUT2D eigenvalue weighted by Gasteiger charge is -2.42. The number of anilines is 1. The predicted molar refractivity (Wildman–Crippen MR) is 143 cm³/mol. The van der Waals surface area contributed by atoms with Crippen LogP contribution in [0.3, 0.4) is 0 Å². The minimum atomic E-state index is -0.118. The molecule has 182 valence electrons. The Labute approximate surface area is 211 Å². The highest BCUT2D eigenvalue weighted by Gasteiger charge is 2.43. The highest BCUT2D eigenvalue weighted by molar-refractivity contribution is 7.99. The van der Waals surface area contributed by atoms with Crippen LogP contribution >= 0.6 is 11.8 Å². The maximum absolute atomic E-state index is 14.1. The van der Waals surface area contributed by atoms with E-state index in [9.17, 15) is 9.59 Å². The van der Waals surface area contributed by atoms with E-state index in [0.29, 0.717) is 11.7 Å². The average molecular weight is 488 g/mol. The van der Waals surface area contributed by atoms with Gasteiger partial charge in [-0.15, -0.1) is 0 Å². The molecule has 1 fully saturated rings. The van der Waals surface area contributed by atoms with Gasteiger partial charge in [-0.25, -0.2) is 4.98 Å². The molecule has 3 aromatic rings. The van der Waals surface area contributed by atoms with E-state index in [-0.39, 0.29) is 22.6 Å². The van der Waals surface area contributed by atoms with Crippen LogP contribution in [0, 0.1) is 6.92 Å². The lowest BCUT2D eigenvalue weighted by molar-refractivity contribution is -0.113.